The van der Waals surface area contributed by atoms with Crippen LogP contribution in [0.3, 0.4) is 0 Å². The Balaban J connectivity index is 1.12. The van der Waals surface area contributed by atoms with Crippen molar-refractivity contribution in [3.8, 4) is 23.0 Å². The molecule has 0 radical (unpaired) electrons. The molecule has 0 amide bonds. The molecular formula is C40H36N2O6. The number of carbonyl (C=O) groups is 1. The van der Waals surface area contributed by atoms with Crippen molar-refractivity contribution >= 4 is 11.7 Å². The fourth-order valence-electron chi connectivity index (χ4n) is 6.68. The van der Waals surface area contributed by atoms with Crippen molar-refractivity contribution in [3.05, 3.63) is 155 Å². The molecule has 0 saturated carbocycles. The zero-order valence-corrected chi connectivity index (χ0v) is 27.0. The van der Waals surface area contributed by atoms with Gasteiger partial charge in [-0.15, -0.1) is 0 Å². The van der Waals surface area contributed by atoms with E-state index in [0.717, 1.165) is 28.1 Å². The van der Waals surface area contributed by atoms with Crippen molar-refractivity contribution in [1.82, 2.24) is 4.98 Å². The largest absolute Gasteiger partial charge is 0.493 e. The van der Waals surface area contributed by atoms with Gasteiger partial charge in [-0.1, -0.05) is 84.9 Å². The molecule has 242 valence electrons. The van der Waals surface area contributed by atoms with E-state index in [-0.39, 0.29) is 12.5 Å². The van der Waals surface area contributed by atoms with Gasteiger partial charge in [-0.2, -0.15) is 0 Å². The Morgan fingerprint density at radius 1 is 0.979 bits per heavy atom. The number of fused-ring (bicyclic) bond motifs is 3. The van der Waals surface area contributed by atoms with Gasteiger partial charge < -0.3 is 28.6 Å². The van der Waals surface area contributed by atoms with Crippen LogP contribution in [-0.2, 0) is 22.7 Å². The van der Waals surface area contributed by atoms with Crippen molar-refractivity contribution in [3.63, 3.8) is 0 Å². The molecule has 2 aliphatic rings. The van der Waals surface area contributed by atoms with Gasteiger partial charge in [0, 0.05) is 23.4 Å². The van der Waals surface area contributed by atoms with Crippen molar-refractivity contribution in [2.45, 2.75) is 44.6 Å². The molecule has 1 aliphatic carbocycles. The molecule has 7 rings (SSSR count). The van der Waals surface area contributed by atoms with Gasteiger partial charge in [0.15, 0.2) is 11.5 Å². The summed E-state index contributed by atoms with van der Waals surface area (Å²) in [6.45, 7) is 4.86. The first-order chi connectivity index (χ1) is 23.4. The summed E-state index contributed by atoms with van der Waals surface area (Å²) in [4.78, 5) is 19.4. The third kappa shape index (κ3) is 5.70. The lowest BCUT2D eigenvalue weighted by atomic mass is 9.79. The van der Waals surface area contributed by atoms with Gasteiger partial charge >= 0.3 is 5.97 Å². The minimum atomic E-state index is -1.13. The second-order valence-corrected chi connectivity index (χ2v) is 12.1. The molecule has 48 heavy (non-hydrogen) atoms. The van der Waals surface area contributed by atoms with Crippen LogP contribution in [0.1, 0.15) is 47.1 Å². The summed E-state index contributed by atoms with van der Waals surface area (Å²) in [6, 6.07) is 33.0. The lowest BCUT2D eigenvalue weighted by Gasteiger charge is -2.41. The number of aryl methyl sites for hydroxylation is 1. The van der Waals surface area contributed by atoms with Crippen LogP contribution in [0.25, 0.3) is 11.5 Å². The SMILES string of the molecule is COc1cc(CN2c3ccccc3C3C(OC(C(=O)O)c4ccccc4)=CC=CC32C)ccc1OCc1nc(-c2ccccc2)oc1C. The highest BCUT2D eigenvalue weighted by Gasteiger charge is 2.50. The number of benzene rings is 4. The number of aliphatic carboxylic acids is 1. The number of anilines is 1. The number of allylic oxidation sites excluding steroid dienone is 2. The number of nitrogens with zero attached hydrogens (tertiary/aromatic N) is 2. The zero-order chi connectivity index (χ0) is 33.3. The Kier molecular flexibility index (Phi) is 8.23. The maximum Gasteiger partial charge on any atom is 0.349 e. The number of carboxylic acids is 1. The number of ether oxygens (including phenoxy) is 3. The smallest absolute Gasteiger partial charge is 0.349 e. The standard InChI is InChI=1S/C40H36N2O6/c1-26-31(41-38(47-26)29-15-8-5-9-16-29)25-46-33-21-20-27(23-35(33)45-3)24-42-32-18-11-10-17-30(32)36-34(19-12-22-40(36,42)2)48-37(39(43)44)28-13-6-4-7-14-28/h4-23,36-37H,24-25H2,1-3H3,(H,43,44). The van der Waals surface area contributed by atoms with Crippen molar-refractivity contribution < 1.29 is 28.5 Å². The maximum absolute atomic E-state index is 12.4. The Morgan fingerprint density at radius 3 is 2.46 bits per heavy atom. The molecule has 0 spiro atoms. The first kappa shape index (κ1) is 30.9. The van der Waals surface area contributed by atoms with Crippen LogP contribution in [0.4, 0.5) is 5.69 Å². The molecule has 4 aromatic carbocycles. The normalized spacial score (nSPS) is 18.4. The molecule has 3 unspecified atom stereocenters. The number of aromatic nitrogens is 1. The minimum absolute atomic E-state index is 0.208. The van der Waals surface area contributed by atoms with E-state index in [2.05, 4.69) is 35.0 Å². The Hall–Kier alpha value is -5.76. The van der Waals surface area contributed by atoms with Crippen LogP contribution in [0, 0.1) is 6.92 Å². The Morgan fingerprint density at radius 2 is 1.71 bits per heavy atom. The summed E-state index contributed by atoms with van der Waals surface area (Å²) < 4.78 is 24.2. The molecule has 0 fully saturated rings. The zero-order valence-electron chi connectivity index (χ0n) is 27.0. The van der Waals surface area contributed by atoms with Crippen LogP contribution >= 0.6 is 0 Å². The lowest BCUT2D eigenvalue weighted by molar-refractivity contribution is -0.148. The minimum Gasteiger partial charge on any atom is -0.493 e. The second-order valence-electron chi connectivity index (χ2n) is 12.1. The topological polar surface area (TPSA) is 94.3 Å². The summed E-state index contributed by atoms with van der Waals surface area (Å²) >= 11 is 0. The molecule has 3 atom stereocenters. The van der Waals surface area contributed by atoms with Gasteiger partial charge in [0.2, 0.25) is 12.0 Å². The van der Waals surface area contributed by atoms with E-state index in [1.54, 1.807) is 19.2 Å². The maximum atomic E-state index is 12.4. The quantitative estimate of drug-likeness (QED) is 0.154. The first-order valence-electron chi connectivity index (χ1n) is 15.9. The highest BCUT2D eigenvalue weighted by molar-refractivity contribution is 5.75. The highest BCUT2D eigenvalue weighted by Crippen LogP contribution is 2.54. The molecule has 1 N–H and O–H groups in total. The van der Waals surface area contributed by atoms with Gasteiger partial charge in [0.25, 0.3) is 0 Å². The van der Waals surface area contributed by atoms with Crippen molar-refractivity contribution in [2.24, 2.45) is 0 Å². The van der Waals surface area contributed by atoms with E-state index < -0.39 is 17.6 Å². The molecular weight excluding hydrogens is 604 g/mol. The molecule has 8 nitrogen and oxygen atoms in total. The molecule has 0 saturated heterocycles. The van der Waals surface area contributed by atoms with Gasteiger partial charge in [-0.3, -0.25) is 0 Å². The number of rotatable bonds is 11. The summed E-state index contributed by atoms with van der Waals surface area (Å²) in [5, 5.41) is 10.1. The van der Waals surface area contributed by atoms with Crippen LogP contribution in [0.2, 0.25) is 0 Å². The van der Waals surface area contributed by atoms with Gasteiger partial charge in [0.05, 0.1) is 18.6 Å². The van der Waals surface area contributed by atoms with E-state index in [1.807, 2.05) is 97.9 Å². The van der Waals surface area contributed by atoms with E-state index in [1.165, 1.54) is 0 Å². The molecule has 1 aliphatic heterocycles. The predicted molar refractivity (Wildman–Crippen MR) is 183 cm³/mol. The van der Waals surface area contributed by atoms with E-state index in [9.17, 15) is 9.90 Å². The molecule has 0 bridgehead atoms. The second kappa shape index (κ2) is 12.8. The summed E-state index contributed by atoms with van der Waals surface area (Å²) in [5.74, 6) is 1.85. The number of methoxy groups -OCH3 is 1. The number of hydrogen-bond acceptors (Lipinski definition) is 7. The van der Waals surface area contributed by atoms with E-state index >= 15 is 0 Å². The summed E-state index contributed by atoms with van der Waals surface area (Å²) in [5.41, 5.74) is 4.88. The summed E-state index contributed by atoms with van der Waals surface area (Å²) in [7, 11) is 1.63. The number of oxazole rings is 1. The number of carboxylic acid groups (broad SMARTS) is 1. The third-order valence-electron chi connectivity index (χ3n) is 9.11. The first-order valence-corrected chi connectivity index (χ1v) is 15.9. The van der Waals surface area contributed by atoms with Crippen LogP contribution < -0.4 is 14.4 Å². The lowest BCUT2D eigenvalue weighted by Crippen LogP contribution is -2.46. The van der Waals surface area contributed by atoms with Crippen molar-refractivity contribution in [2.75, 3.05) is 12.0 Å². The average molecular weight is 641 g/mol. The number of hydrogen-bond donors (Lipinski definition) is 1. The van der Waals surface area contributed by atoms with Crippen LogP contribution in [0.5, 0.6) is 11.5 Å². The Labute approximate surface area is 279 Å². The average Bonchev–Trinajstić information content (AvgIpc) is 3.61. The van der Waals surface area contributed by atoms with Crippen molar-refractivity contribution in [1.29, 1.82) is 0 Å². The molecule has 1 aromatic heterocycles. The van der Waals surface area contributed by atoms with Gasteiger partial charge in [-0.05, 0) is 61.4 Å². The molecule has 5 aromatic rings. The molecule has 2 heterocycles. The van der Waals surface area contributed by atoms with Crippen LogP contribution in [-0.4, -0.2) is 28.7 Å². The van der Waals surface area contributed by atoms with Gasteiger partial charge in [0.1, 0.15) is 23.8 Å². The number of para-hydroxylation sites is 1. The fourth-order valence-corrected chi connectivity index (χ4v) is 6.68. The highest BCUT2D eigenvalue weighted by atomic mass is 16.5. The Bertz CT molecular complexity index is 2000. The third-order valence-corrected chi connectivity index (χ3v) is 9.11. The van der Waals surface area contributed by atoms with E-state index in [0.29, 0.717) is 41.0 Å². The van der Waals surface area contributed by atoms with Gasteiger partial charge in [-0.25, -0.2) is 9.78 Å². The predicted octanol–water partition coefficient (Wildman–Crippen LogP) is 8.40. The fraction of sp³-hybridized carbons (Fsp3) is 0.200. The summed E-state index contributed by atoms with van der Waals surface area (Å²) in [6.07, 6.45) is 4.89. The van der Waals surface area contributed by atoms with Crippen LogP contribution in [0.15, 0.2) is 132 Å². The molecule has 8 heteroatoms. The monoisotopic (exact) mass is 640 g/mol. The van der Waals surface area contributed by atoms with E-state index in [4.69, 9.17) is 18.6 Å².